The molecule has 2 aromatic carbocycles. The topological polar surface area (TPSA) is 46.5 Å². The van der Waals surface area contributed by atoms with Crippen molar-refractivity contribution in [3.8, 4) is 5.75 Å². The van der Waals surface area contributed by atoms with Crippen LogP contribution in [-0.2, 0) is 6.42 Å². The van der Waals surface area contributed by atoms with Crippen LogP contribution in [0.2, 0.25) is 0 Å². The van der Waals surface area contributed by atoms with Crippen LogP contribution in [0.3, 0.4) is 0 Å². The number of methoxy groups -OCH3 is 1. The van der Waals surface area contributed by atoms with E-state index in [1.54, 1.807) is 25.3 Å². The number of aromatic carboxylic acids is 1. The van der Waals surface area contributed by atoms with Crippen molar-refractivity contribution in [2.75, 3.05) is 7.11 Å². The summed E-state index contributed by atoms with van der Waals surface area (Å²) in [6.07, 6.45) is 0.693. The van der Waals surface area contributed by atoms with Gasteiger partial charge in [-0.15, -0.1) is 0 Å². The number of carbonyl (C=O) groups is 1. The zero-order chi connectivity index (χ0) is 13.0. The fourth-order valence-electron chi connectivity index (χ4n) is 1.83. The van der Waals surface area contributed by atoms with Crippen LogP contribution >= 0.6 is 0 Å². The Balaban J connectivity index is 2.22. The number of ether oxygens (including phenoxy) is 1. The molecule has 0 unspecified atom stereocenters. The predicted molar refractivity (Wildman–Crippen MR) is 69.2 cm³/mol. The first-order valence-electron chi connectivity index (χ1n) is 5.64. The number of carboxylic acids is 1. The minimum atomic E-state index is -0.900. The molecule has 0 aromatic heterocycles. The maximum absolute atomic E-state index is 10.9. The van der Waals surface area contributed by atoms with Crippen molar-refractivity contribution < 1.29 is 14.6 Å². The molecule has 0 spiro atoms. The third-order valence-corrected chi connectivity index (χ3v) is 2.72. The number of rotatable bonds is 4. The highest BCUT2D eigenvalue weighted by Crippen LogP contribution is 2.16. The Kier molecular flexibility index (Phi) is 3.63. The lowest BCUT2D eigenvalue weighted by Crippen LogP contribution is -1.97. The molecule has 3 heteroatoms. The van der Waals surface area contributed by atoms with Crippen LogP contribution in [0.4, 0.5) is 0 Å². The van der Waals surface area contributed by atoms with Gasteiger partial charge in [-0.2, -0.15) is 0 Å². The van der Waals surface area contributed by atoms with Gasteiger partial charge in [0.1, 0.15) is 5.75 Å². The van der Waals surface area contributed by atoms with Gasteiger partial charge in [0.25, 0.3) is 0 Å². The van der Waals surface area contributed by atoms with Crippen molar-refractivity contribution in [2.24, 2.45) is 0 Å². The molecule has 0 radical (unpaired) electrons. The van der Waals surface area contributed by atoms with Gasteiger partial charge in [0.2, 0.25) is 0 Å². The predicted octanol–water partition coefficient (Wildman–Crippen LogP) is 2.98. The molecular formula is C15H14O3. The van der Waals surface area contributed by atoms with Gasteiger partial charge in [-0.1, -0.05) is 24.3 Å². The second-order valence-corrected chi connectivity index (χ2v) is 4.03. The van der Waals surface area contributed by atoms with Crippen molar-refractivity contribution in [3.63, 3.8) is 0 Å². The second-order valence-electron chi connectivity index (χ2n) is 4.03. The van der Waals surface area contributed by atoms with E-state index in [4.69, 9.17) is 9.84 Å². The molecule has 18 heavy (non-hydrogen) atoms. The van der Waals surface area contributed by atoms with Gasteiger partial charge in [0.05, 0.1) is 12.7 Å². The lowest BCUT2D eigenvalue weighted by Gasteiger charge is -2.05. The molecule has 92 valence electrons. The molecule has 0 amide bonds. The molecule has 3 nitrogen and oxygen atoms in total. The molecular weight excluding hydrogens is 228 g/mol. The summed E-state index contributed by atoms with van der Waals surface area (Å²) < 4.78 is 5.16. The van der Waals surface area contributed by atoms with E-state index in [0.29, 0.717) is 12.0 Å². The van der Waals surface area contributed by atoms with Crippen LogP contribution in [0.5, 0.6) is 5.75 Å². The van der Waals surface area contributed by atoms with Crippen molar-refractivity contribution in [1.29, 1.82) is 0 Å². The van der Waals surface area contributed by atoms with Crippen LogP contribution < -0.4 is 4.74 Å². The number of hydrogen-bond donors (Lipinski definition) is 1. The fraction of sp³-hybridized carbons (Fsp3) is 0.133. The molecule has 0 bridgehead atoms. The summed E-state index contributed by atoms with van der Waals surface area (Å²) >= 11 is 0. The molecule has 0 aliphatic carbocycles. The number of benzene rings is 2. The lowest BCUT2D eigenvalue weighted by atomic mass is 10.0. The fourth-order valence-corrected chi connectivity index (χ4v) is 1.83. The molecule has 2 aromatic rings. The molecule has 2 rings (SSSR count). The van der Waals surface area contributed by atoms with Crippen molar-refractivity contribution in [3.05, 3.63) is 65.2 Å². The van der Waals surface area contributed by atoms with E-state index >= 15 is 0 Å². The van der Waals surface area contributed by atoms with Crippen molar-refractivity contribution in [2.45, 2.75) is 6.42 Å². The summed E-state index contributed by atoms with van der Waals surface area (Å²) in [5.41, 5.74) is 2.38. The normalized spacial score (nSPS) is 10.1. The Morgan fingerprint density at radius 3 is 2.44 bits per heavy atom. The second kappa shape index (κ2) is 5.36. The highest BCUT2D eigenvalue weighted by molar-refractivity contribution is 5.87. The quantitative estimate of drug-likeness (QED) is 0.896. The minimum absolute atomic E-state index is 0.315. The molecule has 0 atom stereocenters. The first-order valence-corrected chi connectivity index (χ1v) is 5.64. The molecule has 0 saturated heterocycles. The van der Waals surface area contributed by atoms with E-state index in [1.165, 1.54) is 0 Å². The van der Waals surface area contributed by atoms with E-state index < -0.39 is 5.97 Å². The van der Waals surface area contributed by atoms with E-state index in [2.05, 4.69) is 0 Å². The van der Waals surface area contributed by atoms with Gasteiger partial charge in [-0.05, 0) is 41.8 Å². The summed E-state index contributed by atoms with van der Waals surface area (Å²) in [5, 5.41) is 8.94. The highest BCUT2D eigenvalue weighted by atomic mass is 16.5. The first-order chi connectivity index (χ1) is 8.69. The average Bonchev–Trinajstić information content (AvgIpc) is 2.39. The van der Waals surface area contributed by atoms with Crippen LogP contribution in [0.25, 0.3) is 0 Å². The van der Waals surface area contributed by atoms with Crippen molar-refractivity contribution in [1.82, 2.24) is 0 Å². The SMILES string of the molecule is COc1cccc(Cc2cccc(C(=O)O)c2)c1. The van der Waals surface area contributed by atoms with Crippen molar-refractivity contribution >= 4 is 5.97 Å². The smallest absolute Gasteiger partial charge is 0.335 e. The van der Waals surface area contributed by atoms with E-state index in [9.17, 15) is 4.79 Å². The lowest BCUT2D eigenvalue weighted by molar-refractivity contribution is 0.0697. The minimum Gasteiger partial charge on any atom is -0.497 e. The van der Waals surface area contributed by atoms with E-state index in [-0.39, 0.29) is 0 Å². The summed E-state index contributed by atoms with van der Waals surface area (Å²) in [5.74, 6) is -0.0932. The third-order valence-electron chi connectivity index (χ3n) is 2.72. The molecule has 0 saturated carbocycles. The summed E-state index contributed by atoms with van der Waals surface area (Å²) in [6.45, 7) is 0. The number of carboxylic acid groups (broad SMARTS) is 1. The van der Waals surface area contributed by atoms with Gasteiger partial charge in [0, 0.05) is 0 Å². The largest absolute Gasteiger partial charge is 0.497 e. The molecule has 1 N–H and O–H groups in total. The standard InChI is InChI=1S/C15H14O3/c1-18-14-7-3-5-12(10-14)8-11-4-2-6-13(9-11)15(16)17/h2-7,9-10H,8H2,1H3,(H,16,17). The zero-order valence-electron chi connectivity index (χ0n) is 10.1. The highest BCUT2D eigenvalue weighted by Gasteiger charge is 2.04. The number of hydrogen-bond acceptors (Lipinski definition) is 2. The monoisotopic (exact) mass is 242 g/mol. The Morgan fingerprint density at radius 1 is 1.11 bits per heavy atom. The Hall–Kier alpha value is -2.29. The van der Waals surface area contributed by atoms with Crippen LogP contribution in [0.1, 0.15) is 21.5 Å². The summed E-state index contributed by atoms with van der Waals surface area (Å²) in [7, 11) is 1.63. The van der Waals surface area contributed by atoms with Crippen LogP contribution in [0.15, 0.2) is 48.5 Å². The van der Waals surface area contributed by atoms with Gasteiger partial charge >= 0.3 is 5.97 Å². The van der Waals surface area contributed by atoms with Gasteiger partial charge in [0.15, 0.2) is 0 Å². The third kappa shape index (κ3) is 2.88. The summed E-state index contributed by atoms with van der Waals surface area (Å²) in [6, 6.07) is 14.7. The molecule has 0 fully saturated rings. The van der Waals surface area contributed by atoms with E-state index in [1.807, 2.05) is 30.3 Å². The zero-order valence-corrected chi connectivity index (χ0v) is 10.1. The summed E-state index contributed by atoms with van der Waals surface area (Å²) in [4.78, 5) is 10.9. The maximum Gasteiger partial charge on any atom is 0.335 e. The Bertz CT molecular complexity index is 561. The Morgan fingerprint density at radius 2 is 1.78 bits per heavy atom. The molecule has 0 aliphatic heterocycles. The van der Waals surface area contributed by atoms with E-state index in [0.717, 1.165) is 16.9 Å². The van der Waals surface area contributed by atoms with Gasteiger partial charge in [-0.3, -0.25) is 0 Å². The maximum atomic E-state index is 10.9. The first kappa shape index (κ1) is 12.2. The molecule has 0 aliphatic rings. The Labute approximate surface area is 106 Å². The van der Waals surface area contributed by atoms with Crippen LogP contribution in [-0.4, -0.2) is 18.2 Å². The average molecular weight is 242 g/mol. The van der Waals surface area contributed by atoms with Gasteiger partial charge < -0.3 is 9.84 Å². The molecule has 0 heterocycles. The van der Waals surface area contributed by atoms with Gasteiger partial charge in [-0.25, -0.2) is 4.79 Å². The van der Waals surface area contributed by atoms with Crippen LogP contribution in [0, 0.1) is 0 Å².